The molecule has 2 atom stereocenters. The summed E-state index contributed by atoms with van der Waals surface area (Å²) >= 11 is 1.73. The molecule has 0 radical (unpaired) electrons. The van der Waals surface area contributed by atoms with Crippen molar-refractivity contribution in [3.63, 3.8) is 0 Å². The number of amides is 1. The van der Waals surface area contributed by atoms with Crippen molar-refractivity contribution < 1.29 is 9.18 Å². The van der Waals surface area contributed by atoms with Crippen molar-refractivity contribution in [3.05, 3.63) is 82.3 Å². The molecule has 2 aliphatic heterocycles. The van der Waals surface area contributed by atoms with E-state index < -0.39 is 0 Å². The number of carbonyl (C=O) groups is 1. The maximum atomic E-state index is 13.4. The highest BCUT2D eigenvalue weighted by atomic mass is 32.1. The first kappa shape index (κ1) is 20.1. The molecule has 5 rings (SSSR count). The van der Waals surface area contributed by atoms with Crippen LogP contribution < -0.4 is 15.1 Å². The minimum atomic E-state index is -0.225. The zero-order chi connectivity index (χ0) is 21.2. The molecule has 6 heteroatoms. The smallest absolute Gasteiger partial charge is 0.225 e. The molecule has 0 saturated carbocycles. The van der Waals surface area contributed by atoms with Gasteiger partial charge in [0, 0.05) is 42.4 Å². The predicted octanol–water partition coefficient (Wildman–Crippen LogP) is 4.11. The van der Waals surface area contributed by atoms with Gasteiger partial charge in [0.25, 0.3) is 0 Å². The van der Waals surface area contributed by atoms with Crippen LogP contribution in [0.4, 0.5) is 15.8 Å². The second-order valence-corrected chi connectivity index (χ2v) is 9.28. The highest BCUT2D eigenvalue weighted by Gasteiger charge is 2.41. The molecule has 1 saturated heterocycles. The van der Waals surface area contributed by atoms with E-state index in [1.54, 1.807) is 11.3 Å². The van der Waals surface area contributed by atoms with Gasteiger partial charge in [-0.2, -0.15) is 0 Å². The Balaban J connectivity index is 1.35. The Labute approximate surface area is 186 Å². The van der Waals surface area contributed by atoms with Gasteiger partial charge in [0.1, 0.15) is 5.82 Å². The minimum Gasteiger partial charge on any atom is -0.368 e. The summed E-state index contributed by atoms with van der Waals surface area (Å²) in [7, 11) is 0. The Kier molecular flexibility index (Phi) is 5.64. The molecule has 3 heterocycles. The number of nitrogens with zero attached hydrogens (tertiary/aromatic N) is 2. The second kappa shape index (κ2) is 8.71. The lowest BCUT2D eigenvalue weighted by Crippen LogP contribution is -2.61. The monoisotopic (exact) mass is 435 g/mol. The molecular weight excluding hydrogens is 409 g/mol. The highest BCUT2D eigenvalue weighted by Crippen LogP contribution is 2.36. The number of nitrogens with one attached hydrogen (secondary N) is 1. The molecule has 1 N–H and O–H groups in total. The van der Waals surface area contributed by atoms with Crippen LogP contribution in [0.3, 0.4) is 0 Å². The van der Waals surface area contributed by atoms with Gasteiger partial charge in [0.15, 0.2) is 0 Å². The number of benzene rings is 2. The van der Waals surface area contributed by atoms with E-state index in [4.69, 9.17) is 0 Å². The van der Waals surface area contributed by atoms with E-state index in [2.05, 4.69) is 50.8 Å². The van der Waals surface area contributed by atoms with Crippen LogP contribution in [0.1, 0.15) is 10.4 Å². The number of piperazine rings is 1. The standard InChI is InChI=1S/C25H26FN3OS/c26-19-7-9-20(10-8-19)28-13-14-29-23-6-2-1-4-18(23)16-22(24(29)17-28)25(30)27-12-11-21-5-3-15-31-21/h1-10,15,22,24H,11-14,16-17H2,(H,27,30)/t22-,24+/m0/s1. The van der Waals surface area contributed by atoms with Crippen LogP contribution in [0.25, 0.3) is 0 Å². The normalized spacial score (nSPS) is 20.2. The summed E-state index contributed by atoms with van der Waals surface area (Å²) in [5.41, 5.74) is 3.50. The number of anilines is 2. The van der Waals surface area contributed by atoms with Crippen LogP contribution in [0.2, 0.25) is 0 Å². The summed E-state index contributed by atoms with van der Waals surface area (Å²) in [6.07, 6.45) is 1.61. The molecule has 0 unspecified atom stereocenters. The first-order valence-corrected chi connectivity index (χ1v) is 11.7. The van der Waals surface area contributed by atoms with Crippen molar-refractivity contribution >= 4 is 28.6 Å². The SMILES string of the molecule is O=C(NCCc1cccs1)[C@H]1Cc2ccccc2N2CCN(c3ccc(F)cc3)C[C@H]12. The van der Waals surface area contributed by atoms with Gasteiger partial charge in [0.05, 0.1) is 12.0 Å². The van der Waals surface area contributed by atoms with Crippen molar-refractivity contribution in [2.24, 2.45) is 5.92 Å². The molecule has 3 aromatic rings. The molecule has 0 bridgehead atoms. The lowest BCUT2D eigenvalue weighted by Gasteiger charge is -2.49. The van der Waals surface area contributed by atoms with E-state index in [1.807, 2.05) is 18.2 Å². The van der Waals surface area contributed by atoms with Crippen LogP contribution in [0.15, 0.2) is 66.0 Å². The quantitative estimate of drug-likeness (QED) is 0.655. The molecule has 4 nitrogen and oxygen atoms in total. The van der Waals surface area contributed by atoms with Gasteiger partial charge in [-0.1, -0.05) is 24.3 Å². The molecule has 1 fully saturated rings. The van der Waals surface area contributed by atoms with Crippen molar-refractivity contribution in [1.82, 2.24) is 5.32 Å². The fraction of sp³-hybridized carbons (Fsp3) is 0.320. The summed E-state index contributed by atoms with van der Waals surface area (Å²) in [6, 6.07) is 19.4. The van der Waals surface area contributed by atoms with E-state index in [0.717, 1.165) is 38.2 Å². The molecule has 1 aromatic heterocycles. The molecule has 2 aliphatic rings. The zero-order valence-corrected chi connectivity index (χ0v) is 18.2. The zero-order valence-electron chi connectivity index (χ0n) is 17.3. The molecule has 2 aromatic carbocycles. The van der Waals surface area contributed by atoms with Crippen molar-refractivity contribution in [2.75, 3.05) is 36.0 Å². The summed E-state index contributed by atoms with van der Waals surface area (Å²) in [4.78, 5) is 19.2. The van der Waals surface area contributed by atoms with E-state index >= 15 is 0 Å². The number of rotatable bonds is 5. The maximum absolute atomic E-state index is 13.4. The summed E-state index contributed by atoms with van der Waals surface area (Å²) in [6.45, 7) is 3.11. The third-order valence-electron chi connectivity index (χ3n) is 6.40. The first-order valence-electron chi connectivity index (χ1n) is 10.8. The van der Waals surface area contributed by atoms with E-state index in [0.29, 0.717) is 6.54 Å². The third kappa shape index (κ3) is 4.17. The minimum absolute atomic E-state index is 0.0930. The summed E-state index contributed by atoms with van der Waals surface area (Å²) in [5.74, 6) is -0.208. The first-order chi connectivity index (χ1) is 15.2. The van der Waals surface area contributed by atoms with E-state index in [9.17, 15) is 9.18 Å². The maximum Gasteiger partial charge on any atom is 0.225 e. The number of para-hydroxylation sites is 1. The predicted molar refractivity (Wildman–Crippen MR) is 124 cm³/mol. The Morgan fingerprint density at radius 2 is 1.90 bits per heavy atom. The number of carbonyl (C=O) groups excluding carboxylic acids is 1. The summed E-state index contributed by atoms with van der Waals surface area (Å²) < 4.78 is 13.4. The van der Waals surface area contributed by atoms with Crippen LogP contribution in [0.5, 0.6) is 0 Å². The van der Waals surface area contributed by atoms with Gasteiger partial charge in [-0.15, -0.1) is 11.3 Å². The Morgan fingerprint density at radius 1 is 1.06 bits per heavy atom. The molecule has 160 valence electrons. The van der Waals surface area contributed by atoms with E-state index in [-0.39, 0.29) is 23.7 Å². The fourth-order valence-electron chi connectivity index (χ4n) is 4.84. The molecular formula is C25H26FN3OS. The number of hydrogen-bond donors (Lipinski definition) is 1. The van der Waals surface area contributed by atoms with Crippen LogP contribution in [-0.4, -0.2) is 38.1 Å². The average Bonchev–Trinajstić information content (AvgIpc) is 3.32. The van der Waals surface area contributed by atoms with Crippen molar-refractivity contribution in [2.45, 2.75) is 18.9 Å². The average molecular weight is 436 g/mol. The van der Waals surface area contributed by atoms with E-state index in [1.165, 1.54) is 28.3 Å². The number of halogens is 1. The number of hydrogen-bond acceptors (Lipinski definition) is 4. The Bertz CT molecular complexity index is 1040. The lowest BCUT2D eigenvalue weighted by molar-refractivity contribution is -0.125. The second-order valence-electron chi connectivity index (χ2n) is 8.24. The highest BCUT2D eigenvalue weighted by molar-refractivity contribution is 7.09. The largest absolute Gasteiger partial charge is 0.368 e. The summed E-state index contributed by atoms with van der Waals surface area (Å²) in [5, 5.41) is 5.26. The topological polar surface area (TPSA) is 35.6 Å². The molecule has 1 amide bonds. The Hall–Kier alpha value is -2.86. The molecule has 31 heavy (non-hydrogen) atoms. The fourth-order valence-corrected chi connectivity index (χ4v) is 5.55. The van der Waals surface area contributed by atoms with Gasteiger partial charge >= 0.3 is 0 Å². The van der Waals surface area contributed by atoms with Gasteiger partial charge in [-0.3, -0.25) is 4.79 Å². The van der Waals surface area contributed by atoms with Gasteiger partial charge in [-0.25, -0.2) is 4.39 Å². The van der Waals surface area contributed by atoms with Crippen LogP contribution in [0, 0.1) is 11.7 Å². The van der Waals surface area contributed by atoms with Crippen molar-refractivity contribution in [3.8, 4) is 0 Å². The third-order valence-corrected chi connectivity index (χ3v) is 7.34. The van der Waals surface area contributed by atoms with Gasteiger partial charge in [0.2, 0.25) is 5.91 Å². The number of thiophene rings is 1. The van der Waals surface area contributed by atoms with Crippen LogP contribution in [-0.2, 0) is 17.6 Å². The Morgan fingerprint density at radius 3 is 2.71 bits per heavy atom. The number of fused-ring (bicyclic) bond motifs is 3. The molecule has 0 spiro atoms. The van der Waals surface area contributed by atoms with Crippen molar-refractivity contribution in [1.29, 1.82) is 0 Å². The lowest BCUT2D eigenvalue weighted by atomic mass is 9.83. The molecule has 0 aliphatic carbocycles. The van der Waals surface area contributed by atoms with Crippen LogP contribution >= 0.6 is 11.3 Å². The van der Waals surface area contributed by atoms with Gasteiger partial charge < -0.3 is 15.1 Å². The van der Waals surface area contributed by atoms with Gasteiger partial charge in [-0.05, 0) is 60.2 Å².